The second kappa shape index (κ2) is 5.16. The van der Waals surface area contributed by atoms with Crippen molar-refractivity contribution >= 4 is 16.9 Å². The highest BCUT2D eigenvalue weighted by atomic mass is 16.4. The van der Waals surface area contributed by atoms with Crippen molar-refractivity contribution in [1.82, 2.24) is 24.8 Å². The van der Waals surface area contributed by atoms with Gasteiger partial charge in [-0.1, -0.05) is 17.3 Å². The molecule has 8 nitrogen and oxygen atoms in total. The third kappa shape index (κ3) is 2.50. The van der Waals surface area contributed by atoms with E-state index in [0.29, 0.717) is 18.5 Å². The number of aromatic nitrogens is 5. The van der Waals surface area contributed by atoms with E-state index in [1.165, 1.54) is 17.1 Å². The van der Waals surface area contributed by atoms with Crippen LogP contribution in [0.25, 0.3) is 10.9 Å². The van der Waals surface area contributed by atoms with E-state index >= 15 is 0 Å². The lowest BCUT2D eigenvalue weighted by molar-refractivity contribution is 0.0690. The highest BCUT2D eigenvalue weighted by Gasteiger charge is 2.08. The fraction of sp³-hybridized carbons (Fsp3) is 0.154. The molecule has 0 saturated heterocycles. The second-order valence-corrected chi connectivity index (χ2v) is 4.42. The summed E-state index contributed by atoms with van der Waals surface area (Å²) in [7, 11) is 0. The van der Waals surface area contributed by atoms with Crippen molar-refractivity contribution in [2.45, 2.75) is 13.1 Å². The smallest absolute Gasteiger partial charge is 0.358 e. The minimum Gasteiger partial charge on any atom is -0.476 e. The summed E-state index contributed by atoms with van der Waals surface area (Å²) in [6.45, 7) is 0.851. The van der Waals surface area contributed by atoms with Crippen LogP contribution in [0.3, 0.4) is 0 Å². The molecule has 1 N–H and O–H groups in total. The Hall–Kier alpha value is -3.03. The third-order valence-electron chi connectivity index (χ3n) is 3.06. The predicted molar refractivity (Wildman–Crippen MR) is 73.0 cm³/mol. The van der Waals surface area contributed by atoms with Gasteiger partial charge in [0.05, 0.1) is 31.0 Å². The molecule has 3 aromatic rings. The molecule has 21 heavy (non-hydrogen) atoms. The zero-order chi connectivity index (χ0) is 14.8. The molecule has 3 rings (SSSR count). The Balaban J connectivity index is 1.86. The maximum absolute atomic E-state index is 11.7. The number of aryl methyl sites for hydroxylation is 2. The molecule has 0 amide bonds. The summed E-state index contributed by atoms with van der Waals surface area (Å²) in [5.41, 5.74) is 0.493. The molecule has 0 bridgehead atoms. The van der Waals surface area contributed by atoms with Crippen LogP contribution in [0.5, 0.6) is 0 Å². The van der Waals surface area contributed by atoms with Crippen molar-refractivity contribution in [3.8, 4) is 0 Å². The zero-order valence-electron chi connectivity index (χ0n) is 10.9. The normalized spacial score (nSPS) is 10.9. The molecule has 0 radical (unpaired) electrons. The highest BCUT2D eigenvalue weighted by Crippen LogP contribution is 2.07. The van der Waals surface area contributed by atoms with Crippen molar-refractivity contribution in [2.24, 2.45) is 0 Å². The van der Waals surface area contributed by atoms with Crippen LogP contribution in [0.1, 0.15) is 10.5 Å². The first kappa shape index (κ1) is 13.0. The van der Waals surface area contributed by atoms with Crippen LogP contribution in [0, 0.1) is 0 Å². The zero-order valence-corrected chi connectivity index (χ0v) is 10.9. The minimum absolute atomic E-state index is 0.104. The Morgan fingerprint density at radius 1 is 1.24 bits per heavy atom. The molecule has 1 aromatic carbocycles. The average molecular weight is 285 g/mol. The van der Waals surface area contributed by atoms with Crippen molar-refractivity contribution in [2.75, 3.05) is 0 Å². The molecule has 0 spiro atoms. The van der Waals surface area contributed by atoms with Gasteiger partial charge in [-0.15, -0.1) is 5.10 Å². The van der Waals surface area contributed by atoms with Gasteiger partial charge in [0.2, 0.25) is 5.43 Å². The lowest BCUT2D eigenvalue weighted by Crippen LogP contribution is -2.15. The lowest BCUT2D eigenvalue weighted by Gasteiger charge is -2.08. The molecule has 0 fully saturated rings. The van der Waals surface area contributed by atoms with Gasteiger partial charge in [0.1, 0.15) is 0 Å². The number of rotatable bonds is 4. The Morgan fingerprint density at radius 2 is 2.05 bits per heavy atom. The maximum Gasteiger partial charge on any atom is 0.358 e. The first-order valence-corrected chi connectivity index (χ1v) is 6.23. The summed E-state index contributed by atoms with van der Waals surface area (Å²) in [4.78, 5) is 22.4. The number of aromatic carboxylic acids is 1. The minimum atomic E-state index is -1.12. The van der Waals surface area contributed by atoms with Gasteiger partial charge in [0, 0.05) is 5.39 Å². The van der Waals surface area contributed by atoms with Gasteiger partial charge in [-0.2, -0.15) is 5.10 Å². The Kier molecular flexibility index (Phi) is 3.19. The Labute approximate surface area is 118 Å². The molecule has 0 saturated carbocycles. The van der Waals surface area contributed by atoms with E-state index in [1.807, 2.05) is 12.1 Å². The molecule has 0 aliphatic carbocycles. The van der Waals surface area contributed by atoms with E-state index < -0.39 is 5.97 Å². The van der Waals surface area contributed by atoms with Crippen molar-refractivity contribution in [1.29, 1.82) is 0 Å². The number of hydrogen-bond donors (Lipinski definition) is 1. The number of hydrogen-bond acceptors (Lipinski definition) is 5. The van der Waals surface area contributed by atoms with Crippen LogP contribution in [0.4, 0.5) is 0 Å². The average Bonchev–Trinajstić information content (AvgIpc) is 2.96. The molecule has 106 valence electrons. The number of carboxylic acids is 1. The van der Waals surface area contributed by atoms with Crippen LogP contribution in [0.2, 0.25) is 0 Å². The van der Waals surface area contributed by atoms with Crippen LogP contribution >= 0.6 is 0 Å². The first-order chi connectivity index (χ1) is 10.1. The van der Waals surface area contributed by atoms with E-state index in [4.69, 9.17) is 5.11 Å². The summed E-state index contributed by atoms with van der Waals surface area (Å²) >= 11 is 0. The van der Waals surface area contributed by atoms with Gasteiger partial charge in [-0.05, 0) is 12.1 Å². The summed E-state index contributed by atoms with van der Waals surface area (Å²) in [5.74, 6) is -1.12. The maximum atomic E-state index is 11.7. The monoisotopic (exact) mass is 285 g/mol. The number of carboxylic acid groups (broad SMARTS) is 1. The van der Waals surface area contributed by atoms with E-state index in [-0.39, 0.29) is 11.1 Å². The number of nitrogens with zero attached hydrogens (tertiary/aromatic N) is 5. The fourth-order valence-electron chi connectivity index (χ4n) is 2.04. The van der Waals surface area contributed by atoms with Crippen molar-refractivity contribution in [3.63, 3.8) is 0 Å². The highest BCUT2D eigenvalue weighted by molar-refractivity contribution is 5.84. The number of benzene rings is 1. The van der Waals surface area contributed by atoms with Gasteiger partial charge in [-0.25, -0.2) is 9.48 Å². The van der Waals surface area contributed by atoms with Crippen molar-refractivity contribution < 1.29 is 9.90 Å². The van der Waals surface area contributed by atoms with Gasteiger partial charge in [-0.3, -0.25) is 9.48 Å². The number of carbonyl (C=O) groups is 1. The number of para-hydroxylation sites is 1. The predicted octanol–water partition coefficient (Wildman–Crippen LogP) is 0.386. The summed E-state index contributed by atoms with van der Waals surface area (Å²) in [6.07, 6.45) is 2.62. The molecular formula is C13H11N5O3. The summed E-state index contributed by atoms with van der Waals surface area (Å²) in [6, 6.07) is 7.18. The molecule has 0 aliphatic rings. The van der Waals surface area contributed by atoms with Crippen LogP contribution < -0.4 is 5.43 Å². The van der Waals surface area contributed by atoms with E-state index in [2.05, 4.69) is 15.4 Å². The molecule has 8 heteroatoms. The van der Waals surface area contributed by atoms with E-state index in [0.717, 1.165) is 5.52 Å². The Morgan fingerprint density at radius 3 is 2.81 bits per heavy atom. The quantitative estimate of drug-likeness (QED) is 0.743. The van der Waals surface area contributed by atoms with Gasteiger partial charge in [0.15, 0.2) is 5.69 Å². The van der Waals surface area contributed by atoms with E-state index in [1.54, 1.807) is 16.8 Å². The third-order valence-corrected chi connectivity index (χ3v) is 3.06. The molecule has 0 unspecified atom stereocenters. The summed E-state index contributed by atoms with van der Waals surface area (Å²) in [5, 5.41) is 20.7. The van der Waals surface area contributed by atoms with Crippen LogP contribution in [0.15, 0.2) is 41.5 Å². The van der Waals surface area contributed by atoms with Gasteiger partial charge in [0.25, 0.3) is 0 Å². The topological polar surface area (TPSA) is 103 Å². The van der Waals surface area contributed by atoms with E-state index in [9.17, 15) is 9.59 Å². The Bertz CT molecular complexity index is 867. The molecule has 0 atom stereocenters. The molecule has 2 heterocycles. The first-order valence-electron chi connectivity index (χ1n) is 6.23. The van der Waals surface area contributed by atoms with Crippen molar-refractivity contribution in [3.05, 3.63) is 52.6 Å². The summed E-state index contributed by atoms with van der Waals surface area (Å²) < 4.78 is 3.11. The fourth-order valence-corrected chi connectivity index (χ4v) is 2.04. The SMILES string of the molecule is O=C(O)c1cn(CCn2ncc(=O)c3ccccc32)nn1. The van der Waals surface area contributed by atoms with Gasteiger partial charge >= 0.3 is 5.97 Å². The molecule has 2 aromatic heterocycles. The van der Waals surface area contributed by atoms with Crippen LogP contribution in [-0.2, 0) is 13.1 Å². The number of fused-ring (bicyclic) bond motifs is 1. The van der Waals surface area contributed by atoms with Gasteiger partial charge < -0.3 is 5.11 Å². The largest absolute Gasteiger partial charge is 0.476 e. The molecular weight excluding hydrogens is 274 g/mol. The molecule has 0 aliphatic heterocycles. The standard InChI is InChI=1S/C13H11N5O3/c19-12-7-14-18(11-4-2-1-3-9(11)12)6-5-17-8-10(13(20)21)15-16-17/h1-4,7-8H,5-6H2,(H,20,21). The second-order valence-electron chi connectivity index (χ2n) is 4.42. The lowest BCUT2D eigenvalue weighted by atomic mass is 10.2. The van der Waals surface area contributed by atoms with Crippen LogP contribution in [-0.4, -0.2) is 35.9 Å².